The zero-order valence-electron chi connectivity index (χ0n) is 18.3. The summed E-state index contributed by atoms with van der Waals surface area (Å²) in [4.78, 5) is 71.0. The van der Waals surface area contributed by atoms with E-state index in [0.29, 0.717) is 13.0 Å². The van der Waals surface area contributed by atoms with Crippen LogP contribution in [0.1, 0.15) is 33.1 Å². The van der Waals surface area contributed by atoms with E-state index in [-0.39, 0.29) is 18.7 Å². The molecule has 0 saturated heterocycles. The van der Waals surface area contributed by atoms with Gasteiger partial charge in [0.2, 0.25) is 11.8 Å². The molecule has 0 unspecified atom stereocenters. The number of rotatable bonds is 15. The third-order valence-electron chi connectivity index (χ3n) is 4.48. The highest BCUT2D eigenvalue weighted by Gasteiger charge is 2.40. The van der Waals surface area contributed by atoms with Gasteiger partial charge < -0.3 is 37.3 Å². The predicted molar refractivity (Wildman–Crippen MR) is 119 cm³/mol. The van der Waals surface area contributed by atoms with E-state index >= 15 is 0 Å². The van der Waals surface area contributed by atoms with E-state index in [1.807, 2.05) is 0 Å². The van der Waals surface area contributed by atoms with E-state index in [0.717, 1.165) is 6.92 Å². The highest BCUT2D eigenvalue weighted by atomic mass is 32.1. The Hall–Kier alpha value is -3.20. The molecule has 0 heterocycles. The van der Waals surface area contributed by atoms with Gasteiger partial charge in [-0.3, -0.25) is 29.4 Å². The van der Waals surface area contributed by atoms with Crippen LogP contribution in [0.5, 0.6) is 0 Å². The molecular weight excluding hydrogens is 458 g/mol. The van der Waals surface area contributed by atoms with Crippen LogP contribution >= 0.6 is 12.6 Å². The number of nitrogens with two attached hydrogens (primary N) is 2. The Labute approximate surface area is 195 Å². The van der Waals surface area contributed by atoms with Crippen molar-refractivity contribution in [3.63, 3.8) is 0 Å². The lowest BCUT2D eigenvalue weighted by molar-refractivity contribution is -0.142. The fraction of sp³-hybridized carbons (Fsp3) is 0.611. The van der Waals surface area contributed by atoms with Gasteiger partial charge in [0.15, 0.2) is 23.6 Å². The van der Waals surface area contributed by atoms with E-state index in [9.17, 15) is 28.8 Å². The third-order valence-corrected chi connectivity index (χ3v) is 4.97. The summed E-state index contributed by atoms with van der Waals surface area (Å²) in [6, 6.07) is -1.69. The summed E-state index contributed by atoms with van der Waals surface area (Å²) in [5, 5.41) is 26.5. The highest BCUT2D eigenvalue weighted by molar-refractivity contribution is 7.80. The van der Waals surface area contributed by atoms with Gasteiger partial charge in [-0.25, -0.2) is 5.32 Å². The molecule has 3 atom stereocenters. The lowest BCUT2D eigenvalue weighted by atomic mass is 9.96. The average Bonchev–Trinajstić information content (AvgIpc) is 2.72. The van der Waals surface area contributed by atoms with Crippen molar-refractivity contribution in [2.24, 2.45) is 11.5 Å². The van der Waals surface area contributed by atoms with Crippen molar-refractivity contribution in [3.05, 3.63) is 0 Å². The number of aldehydes is 1. The van der Waals surface area contributed by atoms with Crippen LogP contribution in [0.2, 0.25) is 0 Å². The molecule has 0 aromatic heterocycles. The van der Waals surface area contributed by atoms with Gasteiger partial charge in [-0.2, -0.15) is 12.6 Å². The summed E-state index contributed by atoms with van der Waals surface area (Å²) < 4.78 is 0. The number of thiol groups is 1. The standard InChI is InChI=1S/C18H30N7O7S/c1-10(27)18(8-26,9-33)25-14(31)11(6-13(29)30)24-12(28)7-23-15(32)17(2,21)4-3-5-22-16(19)20/h8,11,33H,3-7,9,21H2,1-2H3,(H,23,32)(H,24,28)(H,29,30)(H4,19,20,22)/t11-,17-,18+/m0/s1. The summed E-state index contributed by atoms with van der Waals surface area (Å²) in [5.74, 6) is -5.71. The number of carboxylic acids is 1. The summed E-state index contributed by atoms with van der Waals surface area (Å²) >= 11 is 3.85. The third kappa shape index (κ3) is 10.3. The number of nitrogens with one attached hydrogen (secondary N) is 4. The van der Waals surface area contributed by atoms with Gasteiger partial charge in [-0.1, -0.05) is 0 Å². The van der Waals surface area contributed by atoms with Gasteiger partial charge in [-0.15, -0.1) is 0 Å². The summed E-state index contributed by atoms with van der Waals surface area (Å²) in [6.07, 6.45) is -0.155. The Balaban J connectivity index is 5.03. The molecule has 0 aromatic rings. The number of carbonyl (C=O) groups excluding carboxylic acids is 5. The van der Waals surface area contributed by atoms with E-state index in [1.165, 1.54) is 6.92 Å². The van der Waals surface area contributed by atoms with Crippen LogP contribution in [0.4, 0.5) is 0 Å². The van der Waals surface area contributed by atoms with Crippen LogP contribution < -0.4 is 32.7 Å². The van der Waals surface area contributed by atoms with Crippen LogP contribution in [-0.4, -0.2) is 82.8 Å². The average molecular weight is 489 g/mol. The molecule has 0 saturated carbocycles. The van der Waals surface area contributed by atoms with Crippen molar-refractivity contribution in [1.29, 1.82) is 5.41 Å². The number of Topliss-reactive ketones (excluding diaryl/α,β-unsaturated/α-hetero) is 1. The van der Waals surface area contributed by atoms with Crippen LogP contribution in [0.15, 0.2) is 0 Å². The molecule has 33 heavy (non-hydrogen) atoms. The van der Waals surface area contributed by atoms with Gasteiger partial charge in [0, 0.05) is 12.3 Å². The van der Waals surface area contributed by atoms with E-state index in [2.05, 4.69) is 33.9 Å². The maximum absolute atomic E-state index is 12.4. The second-order valence-corrected chi connectivity index (χ2v) is 7.78. The zero-order chi connectivity index (χ0) is 25.8. The number of guanidine groups is 1. The van der Waals surface area contributed by atoms with Gasteiger partial charge in [0.05, 0.1) is 18.5 Å². The van der Waals surface area contributed by atoms with Crippen molar-refractivity contribution in [2.45, 2.75) is 50.2 Å². The molecule has 0 bridgehead atoms. The smallest absolute Gasteiger partial charge is 0.305 e. The van der Waals surface area contributed by atoms with Crippen molar-refractivity contribution < 1.29 is 33.9 Å². The minimum atomic E-state index is -2.10. The van der Waals surface area contributed by atoms with E-state index < -0.39 is 65.3 Å². The fourth-order valence-electron chi connectivity index (χ4n) is 2.42. The number of aliphatic carboxylic acids is 1. The molecular formula is C18H30N7O7S. The second kappa shape index (κ2) is 13.4. The lowest BCUT2D eigenvalue weighted by Crippen LogP contribution is -2.58. The van der Waals surface area contributed by atoms with Crippen LogP contribution in [0, 0.1) is 5.41 Å². The van der Waals surface area contributed by atoms with Gasteiger partial charge in [-0.05, 0) is 26.7 Å². The Morgan fingerprint density at radius 2 is 1.85 bits per heavy atom. The summed E-state index contributed by atoms with van der Waals surface area (Å²) in [6.45, 7) is 2.13. The quantitative estimate of drug-likeness (QED) is 0.0284. The zero-order valence-corrected chi connectivity index (χ0v) is 19.2. The maximum Gasteiger partial charge on any atom is 0.305 e. The minimum absolute atomic E-state index is 0.119. The van der Waals surface area contributed by atoms with Crippen molar-refractivity contribution >= 4 is 54.3 Å². The second-order valence-electron chi connectivity index (χ2n) is 7.47. The molecule has 0 aliphatic rings. The Bertz CT molecular complexity index is 790. The number of hydrogen-bond donors (Lipinski definition) is 8. The Kier molecular flexibility index (Phi) is 12.1. The number of carbonyl (C=O) groups is 6. The Morgan fingerprint density at radius 1 is 1.24 bits per heavy atom. The van der Waals surface area contributed by atoms with Crippen LogP contribution in [-0.2, 0) is 28.8 Å². The number of carboxylic acid groups (broad SMARTS) is 1. The van der Waals surface area contributed by atoms with Crippen molar-refractivity contribution in [1.82, 2.24) is 21.3 Å². The monoisotopic (exact) mass is 488 g/mol. The molecule has 0 aliphatic carbocycles. The Morgan fingerprint density at radius 3 is 2.30 bits per heavy atom. The number of amides is 3. The lowest BCUT2D eigenvalue weighted by Gasteiger charge is -2.25. The summed E-state index contributed by atoms with van der Waals surface area (Å²) in [7, 11) is 0. The first-order valence-corrected chi connectivity index (χ1v) is 10.3. The van der Waals surface area contributed by atoms with Crippen LogP contribution in [0.3, 0.4) is 0 Å². The molecule has 15 heteroatoms. The molecule has 0 aromatic carbocycles. The van der Waals surface area contributed by atoms with Gasteiger partial charge in [0.25, 0.3) is 5.91 Å². The summed E-state index contributed by atoms with van der Waals surface area (Å²) in [5.41, 5.74) is 7.62. The normalized spacial score (nSPS) is 15.0. The molecule has 185 valence electrons. The predicted octanol–water partition coefficient (Wildman–Crippen LogP) is -3.37. The number of hydrogen-bond acceptors (Lipinski definition) is 9. The number of nitrogens with zero attached hydrogens (tertiary/aromatic N) is 1. The molecule has 9 N–H and O–H groups in total. The first-order chi connectivity index (χ1) is 15.2. The van der Waals surface area contributed by atoms with Gasteiger partial charge in [0.1, 0.15) is 6.04 Å². The topological polar surface area (TPSA) is 249 Å². The van der Waals surface area contributed by atoms with E-state index in [1.54, 1.807) is 0 Å². The SMILES string of the molecule is CC(=O)[C@@](C=O)(CS)[N]C(=O)[C@H](CC(=O)O)NC(=O)CNC(=O)[C@@](C)(N)CCCNC(=N)N. The van der Waals surface area contributed by atoms with Crippen LogP contribution in [0.25, 0.3) is 0 Å². The molecule has 0 rings (SSSR count). The van der Waals surface area contributed by atoms with Crippen molar-refractivity contribution in [3.8, 4) is 0 Å². The highest BCUT2D eigenvalue weighted by Crippen LogP contribution is 2.10. The molecule has 0 spiro atoms. The van der Waals surface area contributed by atoms with E-state index in [4.69, 9.17) is 22.0 Å². The minimum Gasteiger partial charge on any atom is -0.481 e. The molecule has 0 aliphatic heterocycles. The molecule has 3 amide bonds. The fourth-order valence-corrected chi connectivity index (χ4v) is 2.79. The first-order valence-electron chi connectivity index (χ1n) is 9.72. The largest absolute Gasteiger partial charge is 0.481 e. The molecule has 14 nitrogen and oxygen atoms in total. The van der Waals surface area contributed by atoms with Crippen molar-refractivity contribution in [2.75, 3.05) is 18.8 Å². The van der Waals surface area contributed by atoms with Gasteiger partial charge >= 0.3 is 5.97 Å². The number of ketones is 1. The maximum atomic E-state index is 12.4. The molecule has 0 fully saturated rings. The molecule has 1 radical (unpaired) electrons. The first kappa shape index (κ1) is 29.8.